The summed E-state index contributed by atoms with van der Waals surface area (Å²) < 4.78 is 15.5. The Labute approximate surface area is 129 Å². The van der Waals surface area contributed by atoms with Crippen LogP contribution in [0.25, 0.3) is 10.8 Å². The Morgan fingerprint density at radius 1 is 0.909 bits per heavy atom. The van der Waals surface area contributed by atoms with E-state index in [-0.39, 0.29) is 6.42 Å². The Hall–Kier alpha value is -2.48. The summed E-state index contributed by atoms with van der Waals surface area (Å²) in [6, 6.07) is 21.8. The van der Waals surface area contributed by atoms with E-state index in [1.807, 2.05) is 36.4 Å². The Morgan fingerprint density at radius 3 is 2.23 bits per heavy atom. The van der Waals surface area contributed by atoms with Crippen LogP contribution in [0.15, 0.2) is 72.8 Å². The second-order valence-electron chi connectivity index (χ2n) is 5.41. The number of halogens is 1. The zero-order valence-electron chi connectivity index (χ0n) is 12.4. The van der Waals surface area contributed by atoms with Crippen LogP contribution >= 0.6 is 0 Å². The van der Waals surface area contributed by atoms with E-state index in [1.54, 1.807) is 43.3 Å². The molecular formula is C20H17FO. The van der Waals surface area contributed by atoms with Crippen molar-refractivity contribution in [2.24, 2.45) is 0 Å². The molecule has 3 aromatic carbocycles. The van der Waals surface area contributed by atoms with Crippen LogP contribution in [0.5, 0.6) is 0 Å². The number of fused-ring (bicyclic) bond motifs is 1. The zero-order valence-corrected chi connectivity index (χ0v) is 12.4. The molecule has 110 valence electrons. The van der Waals surface area contributed by atoms with Crippen molar-refractivity contribution in [3.63, 3.8) is 0 Å². The van der Waals surface area contributed by atoms with Crippen LogP contribution in [-0.2, 0) is 5.67 Å². The minimum atomic E-state index is -1.99. The molecular weight excluding hydrogens is 275 g/mol. The molecule has 0 N–H and O–H groups in total. The second kappa shape index (κ2) is 5.72. The molecule has 0 aliphatic rings. The van der Waals surface area contributed by atoms with Crippen LogP contribution in [0.2, 0.25) is 0 Å². The summed E-state index contributed by atoms with van der Waals surface area (Å²) in [7, 11) is 0. The molecule has 0 amide bonds. The predicted molar refractivity (Wildman–Crippen MR) is 87.8 cm³/mol. The molecule has 0 spiro atoms. The lowest BCUT2D eigenvalue weighted by atomic mass is 9.84. The van der Waals surface area contributed by atoms with Gasteiger partial charge in [0.25, 0.3) is 0 Å². The first-order valence-corrected chi connectivity index (χ1v) is 7.43. The molecule has 2 heteroatoms. The van der Waals surface area contributed by atoms with Crippen LogP contribution in [0.3, 0.4) is 0 Å². The number of carbonyl (C=O) groups is 1. The highest BCUT2D eigenvalue weighted by Gasteiger charge is 2.39. The van der Waals surface area contributed by atoms with Crippen molar-refractivity contribution >= 4 is 16.6 Å². The smallest absolute Gasteiger partial charge is 0.204 e. The Balaban J connectivity index is 2.09. The van der Waals surface area contributed by atoms with Gasteiger partial charge in [-0.2, -0.15) is 0 Å². The average molecular weight is 292 g/mol. The lowest BCUT2D eigenvalue weighted by Gasteiger charge is -2.23. The highest BCUT2D eigenvalue weighted by atomic mass is 19.1. The van der Waals surface area contributed by atoms with Gasteiger partial charge in [-0.05, 0) is 28.8 Å². The molecule has 1 atom stereocenters. The maximum Gasteiger partial charge on any atom is 0.204 e. The topological polar surface area (TPSA) is 17.1 Å². The molecule has 0 heterocycles. The maximum atomic E-state index is 15.5. The first kappa shape index (κ1) is 14.5. The van der Waals surface area contributed by atoms with Gasteiger partial charge in [0, 0.05) is 5.56 Å². The SMILES string of the molecule is CC[C@@](F)(C(=O)c1ccccc1)c1ccc2ccccc2c1. The van der Waals surface area contributed by atoms with Crippen molar-refractivity contribution in [2.45, 2.75) is 19.0 Å². The van der Waals surface area contributed by atoms with Crippen LogP contribution in [0.4, 0.5) is 4.39 Å². The van der Waals surface area contributed by atoms with Gasteiger partial charge in [0.15, 0.2) is 5.67 Å². The third-order valence-corrected chi connectivity index (χ3v) is 4.09. The highest BCUT2D eigenvalue weighted by molar-refractivity contribution is 6.03. The van der Waals surface area contributed by atoms with Crippen molar-refractivity contribution in [3.8, 4) is 0 Å². The summed E-state index contributed by atoms with van der Waals surface area (Å²) in [6.07, 6.45) is 0.110. The van der Waals surface area contributed by atoms with Crippen molar-refractivity contribution in [3.05, 3.63) is 83.9 Å². The molecule has 0 aliphatic carbocycles. The predicted octanol–water partition coefficient (Wildman–Crippen LogP) is 5.30. The largest absolute Gasteiger partial charge is 0.290 e. The third-order valence-electron chi connectivity index (χ3n) is 4.09. The van der Waals surface area contributed by atoms with Crippen LogP contribution in [0.1, 0.15) is 29.3 Å². The first-order valence-electron chi connectivity index (χ1n) is 7.43. The molecule has 1 nitrogen and oxygen atoms in total. The monoisotopic (exact) mass is 292 g/mol. The molecule has 0 unspecified atom stereocenters. The minimum Gasteiger partial charge on any atom is -0.290 e. The van der Waals surface area contributed by atoms with Gasteiger partial charge >= 0.3 is 0 Å². The summed E-state index contributed by atoms with van der Waals surface area (Å²) in [5.41, 5.74) is -1.17. The summed E-state index contributed by atoms with van der Waals surface area (Å²) in [5.74, 6) is -0.481. The fraction of sp³-hybridized carbons (Fsp3) is 0.150. The van der Waals surface area contributed by atoms with Gasteiger partial charge in [-0.3, -0.25) is 4.79 Å². The summed E-state index contributed by atoms with van der Waals surface area (Å²) in [6.45, 7) is 1.70. The number of rotatable bonds is 4. The third kappa shape index (κ3) is 2.41. The number of hydrogen-bond donors (Lipinski definition) is 0. The van der Waals surface area contributed by atoms with Gasteiger partial charge in [0.1, 0.15) is 0 Å². The average Bonchev–Trinajstić information content (AvgIpc) is 2.60. The number of carbonyl (C=O) groups excluding carboxylic acids is 1. The quantitative estimate of drug-likeness (QED) is 0.596. The number of benzene rings is 3. The van der Waals surface area contributed by atoms with E-state index in [1.165, 1.54) is 0 Å². The summed E-state index contributed by atoms with van der Waals surface area (Å²) >= 11 is 0. The molecule has 0 aromatic heterocycles. The number of ketones is 1. The van der Waals surface area contributed by atoms with E-state index in [4.69, 9.17) is 0 Å². The fourth-order valence-corrected chi connectivity index (χ4v) is 2.75. The molecule has 22 heavy (non-hydrogen) atoms. The van der Waals surface area contributed by atoms with Gasteiger partial charge in [-0.1, -0.05) is 73.7 Å². The fourth-order valence-electron chi connectivity index (χ4n) is 2.75. The van der Waals surface area contributed by atoms with E-state index >= 15 is 4.39 Å². The molecule has 0 bridgehead atoms. The minimum absolute atomic E-state index is 0.110. The molecule has 0 fully saturated rings. The highest BCUT2D eigenvalue weighted by Crippen LogP contribution is 2.35. The summed E-state index contributed by atoms with van der Waals surface area (Å²) in [4.78, 5) is 12.7. The first-order chi connectivity index (χ1) is 10.6. The number of Topliss-reactive ketones (excluding diaryl/α,β-unsaturated/α-hetero) is 1. The van der Waals surface area contributed by atoms with E-state index in [9.17, 15) is 4.79 Å². The maximum absolute atomic E-state index is 15.5. The van der Waals surface area contributed by atoms with Crippen molar-refractivity contribution < 1.29 is 9.18 Å². The van der Waals surface area contributed by atoms with Gasteiger partial charge in [-0.15, -0.1) is 0 Å². The van der Waals surface area contributed by atoms with Crippen LogP contribution < -0.4 is 0 Å². The van der Waals surface area contributed by atoms with E-state index in [0.717, 1.165) is 10.8 Å². The number of hydrogen-bond acceptors (Lipinski definition) is 1. The summed E-state index contributed by atoms with van der Waals surface area (Å²) in [5, 5.41) is 1.98. The standard InChI is InChI=1S/C20H17FO/c1-2-20(21,19(22)16-9-4-3-5-10-16)18-13-12-15-8-6-7-11-17(15)14-18/h3-14H,2H2,1H3/t20-/m0/s1. The van der Waals surface area contributed by atoms with E-state index in [0.29, 0.717) is 11.1 Å². The Morgan fingerprint density at radius 2 is 1.55 bits per heavy atom. The van der Waals surface area contributed by atoms with Gasteiger partial charge in [0.2, 0.25) is 5.78 Å². The van der Waals surface area contributed by atoms with Gasteiger partial charge in [-0.25, -0.2) is 4.39 Å². The van der Waals surface area contributed by atoms with Crippen LogP contribution in [-0.4, -0.2) is 5.78 Å². The van der Waals surface area contributed by atoms with Crippen molar-refractivity contribution in [2.75, 3.05) is 0 Å². The lowest BCUT2D eigenvalue weighted by molar-refractivity contribution is 0.0666. The molecule has 3 aromatic rings. The Kier molecular flexibility index (Phi) is 3.76. The van der Waals surface area contributed by atoms with Gasteiger partial charge < -0.3 is 0 Å². The molecule has 0 saturated carbocycles. The van der Waals surface area contributed by atoms with Gasteiger partial charge in [0.05, 0.1) is 0 Å². The van der Waals surface area contributed by atoms with Crippen LogP contribution in [0, 0.1) is 0 Å². The van der Waals surface area contributed by atoms with Crippen molar-refractivity contribution in [1.29, 1.82) is 0 Å². The van der Waals surface area contributed by atoms with E-state index < -0.39 is 11.5 Å². The second-order valence-corrected chi connectivity index (χ2v) is 5.41. The molecule has 0 radical (unpaired) electrons. The lowest BCUT2D eigenvalue weighted by Crippen LogP contribution is -2.30. The van der Waals surface area contributed by atoms with E-state index in [2.05, 4.69) is 0 Å². The molecule has 0 saturated heterocycles. The Bertz CT molecular complexity index is 810. The molecule has 3 rings (SSSR count). The number of alkyl halides is 1. The van der Waals surface area contributed by atoms with Crippen molar-refractivity contribution in [1.82, 2.24) is 0 Å². The molecule has 0 aliphatic heterocycles. The normalized spacial score (nSPS) is 13.7. The zero-order chi connectivity index (χ0) is 15.6.